The van der Waals surface area contributed by atoms with Crippen LogP contribution in [0.15, 0.2) is 41.0 Å². The van der Waals surface area contributed by atoms with Crippen molar-refractivity contribution in [1.82, 2.24) is 0 Å². The number of ether oxygens (including phenoxy) is 3. The van der Waals surface area contributed by atoms with Gasteiger partial charge in [0.2, 0.25) is 12.7 Å². The minimum absolute atomic E-state index is 0.0217. The summed E-state index contributed by atoms with van der Waals surface area (Å²) in [5.41, 5.74) is 1.46. The van der Waals surface area contributed by atoms with E-state index in [0.29, 0.717) is 33.2 Å². The molecule has 0 aliphatic carbocycles. The molecule has 8 nitrogen and oxygen atoms in total. The van der Waals surface area contributed by atoms with E-state index in [1.165, 1.54) is 18.2 Å². The molecule has 9 heteroatoms. The van der Waals surface area contributed by atoms with Gasteiger partial charge in [0, 0.05) is 23.3 Å². The number of carbonyl (C=O) groups is 1. The van der Waals surface area contributed by atoms with Crippen LogP contribution in [-0.4, -0.2) is 23.6 Å². The fourth-order valence-corrected chi connectivity index (χ4v) is 2.92. The Morgan fingerprint density at radius 1 is 1.22 bits per heavy atom. The predicted molar refractivity (Wildman–Crippen MR) is 96.0 cm³/mol. The molecule has 0 bridgehead atoms. The van der Waals surface area contributed by atoms with E-state index in [-0.39, 0.29) is 24.1 Å². The summed E-state index contributed by atoms with van der Waals surface area (Å²) >= 11 is 6.21. The van der Waals surface area contributed by atoms with Crippen LogP contribution in [0.25, 0.3) is 6.08 Å². The number of nitro benzene ring substituents is 1. The van der Waals surface area contributed by atoms with Crippen LogP contribution < -0.4 is 9.47 Å². The van der Waals surface area contributed by atoms with E-state index >= 15 is 0 Å². The normalized spacial score (nSPS) is 16.4. The smallest absolute Gasteiger partial charge is 0.363 e. The van der Waals surface area contributed by atoms with Gasteiger partial charge in [-0.15, -0.1) is 0 Å². The lowest BCUT2D eigenvalue weighted by molar-refractivity contribution is -0.385. The van der Waals surface area contributed by atoms with Crippen molar-refractivity contribution in [1.29, 1.82) is 0 Å². The molecule has 2 aromatic carbocycles. The second kappa shape index (κ2) is 6.40. The van der Waals surface area contributed by atoms with Crippen molar-refractivity contribution in [3.63, 3.8) is 0 Å². The maximum atomic E-state index is 12.2. The molecule has 0 saturated carbocycles. The molecule has 0 atom stereocenters. The van der Waals surface area contributed by atoms with Crippen LogP contribution in [0.1, 0.15) is 16.7 Å². The monoisotopic (exact) mass is 386 g/mol. The Hall–Kier alpha value is -3.39. The second-order valence-electron chi connectivity index (χ2n) is 5.82. The fourth-order valence-electron chi connectivity index (χ4n) is 2.72. The van der Waals surface area contributed by atoms with E-state index in [9.17, 15) is 14.9 Å². The minimum Gasteiger partial charge on any atom is -0.454 e. The highest BCUT2D eigenvalue weighted by Crippen LogP contribution is 2.38. The quantitative estimate of drug-likeness (QED) is 0.345. The number of fused-ring (bicyclic) bond motifs is 1. The van der Waals surface area contributed by atoms with Crippen LogP contribution in [0.3, 0.4) is 0 Å². The summed E-state index contributed by atoms with van der Waals surface area (Å²) in [5.74, 6) is 0.477. The lowest BCUT2D eigenvalue weighted by Crippen LogP contribution is -2.06. The predicted octanol–water partition coefficient (Wildman–Crippen LogP) is 3.63. The van der Waals surface area contributed by atoms with Gasteiger partial charge >= 0.3 is 5.97 Å². The summed E-state index contributed by atoms with van der Waals surface area (Å²) in [6.45, 7) is 1.71. The van der Waals surface area contributed by atoms with Gasteiger partial charge in [-0.1, -0.05) is 11.6 Å². The highest BCUT2D eigenvalue weighted by Gasteiger charge is 2.26. The molecular formula is C18H11ClN2O6. The van der Waals surface area contributed by atoms with E-state index < -0.39 is 10.9 Å². The Morgan fingerprint density at radius 3 is 2.67 bits per heavy atom. The number of cyclic esters (lactones) is 1. The minimum atomic E-state index is -0.644. The zero-order chi connectivity index (χ0) is 19.1. The zero-order valence-corrected chi connectivity index (χ0v) is 14.6. The van der Waals surface area contributed by atoms with Crippen LogP contribution in [-0.2, 0) is 9.53 Å². The Balaban J connectivity index is 1.69. The molecule has 2 aliphatic heterocycles. The number of halogens is 1. The van der Waals surface area contributed by atoms with Crippen LogP contribution in [0, 0.1) is 17.0 Å². The SMILES string of the molecule is Cc1cc(C2=N/C(=C\c3cc4c(cc3Cl)OCO4)C(=O)O2)ccc1[N+](=O)[O-]. The Bertz CT molecular complexity index is 1060. The molecule has 136 valence electrons. The van der Waals surface area contributed by atoms with Gasteiger partial charge in [0.25, 0.3) is 5.69 Å². The molecule has 0 N–H and O–H groups in total. The molecular weight excluding hydrogens is 376 g/mol. The van der Waals surface area contributed by atoms with Gasteiger partial charge in [-0.2, -0.15) is 0 Å². The topological polar surface area (TPSA) is 100 Å². The molecule has 2 aromatic rings. The summed E-state index contributed by atoms with van der Waals surface area (Å²) in [6, 6.07) is 7.61. The molecule has 2 heterocycles. The summed E-state index contributed by atoms with van der Waals surface area (Å²) < 4.78 is 15.7. The Labute approximate surface area is 157 Å². The summed E-state index contributed by atoms with van der Waals surface area (Å²) in [7, 11) is 0. The second-order valence-corrected chi connectivity index (χ2v) is 6.23. The highest BCUT2D eigenvalue weighted by atomic mass is 35.5. The number of rotatable bonds is 3. The molecule has 0 aromatic heterocycles. The molecule has 0 radical (unpaired) electrons. The average molecular weight is 387 g/mol. The molecule has 4 rings (SSSR count). The third-order valence-corrected chi connectivity index (χ3v) is 4.37. The van der Waals surface area contributed by atoms with E-state index in [2.05, 4.69) is 4.99 Å². The summed E-state index contributed by atoms with van der Waals surface area (Å²) in [4.78, 5) is 26.8. The van der Waals surface area contributed by atoms with Gasteiger partial charge in [-0.25, -0.2) is 9.79 Å². The number of hydrogen-bond donors (Lipinski definition) is 0. The van der Waals surface area contributed by atoms with Gasteiger partial charge < -0.3 is 14.2 Å². The highest BCUT2D eigenvalue weighted by molar-refractivity contribution is 6.32. The van der Waals surface area contributed by atoms with Crippen molar-refractivity contribution < 1.29 is 23.9 Å². The lowest BCUT2D eigenvalue weighted by Gasteiger charge is -2.02. The Kier molecular flexibility index (Phi) is 4.04. The van der Waals surface area contributed by atoms with Gasteiger partial charge in [0.1, 0.15) is 0 Å². The molecule has 0 amide bonds. The molecule has 0 fully saturated rings. The van der Waals surface area contributed by atoms with E-state index in [4.69, 9.17) is 25.8 Å². The van der Waals surface area contributed by atoms with Crippen molar-refractivity contribution in [3.8, 4) is 11.5 Å². The van der Waals surface area contributed by atoms with E-state index in [1.54, 1.807) is 25.1 Å². The molecule has 27 heavy (non-hydrogen) atoms. The largest absolute Gasteiger partial charge is 0.454 e. The maximum Gasteiger partial charge on any atom is 0.363 e. The first-order valence-electron chi connectivity index (χ1n) is 7.79. The van der Waals surface area contributed by atoms with Crippen molar-refractivity contribution >= 4 is 35.2 Å². The van der Waals surface area contributed by atoms with Crippen LogP contribution in [0.4, 0.5) is 5.69 Å². The van der Waals surface area contributed by atoms with Crippen molar-refractivity contribution in [2.45, 2.75) is 6.92 Å². The van der Waals surface area contributed by atoms with Crippen molar-refractivity contribution in [3.05, 3.63) is 67.9 Å². The standard InChI is InChI=1S/C18H11ClN2O6/c1-9-4-10(2-3-14(9)21(23)24)17-20-13(18(22)27-17)5-11-6-15-16(7-12(11)19)26-8-25-15/h2-7H,8H2,1H3/b13-5-. The van der Waals surface area contributed by atoms with Gasteiger partial charge in [-0.3, -0.25) is 10.1 Å². The third-order valence-electron chi connectivity index (χ3n) is 4.05. The van der Waals surface area contributed by atoms with Gasteiger partial charge in [-0.05, 0) is 36.8 Å². The number of carbonyl (C=O) groups excluding carboxylic acids is 1. The number of esters is 1. The van der Waals surface area contributed by atoms with Crippen LogP contribution in [0.5, 0.6) is 11.5 Å². The fraction of sp³-hybridized carbons (Fsp3) is 0.111. The zero-order valence-electron chi connectivity index (χ0n) is 13.9. The van der Waals surface area contributed by atoms with Crippen molar-refractivity contribution in [2.24, 2.45) is 4.99 Å². The van der Waals surface area contributed by atoms with Gasteiger partial charge in [0.15, 0.2) is 17.2 Å². The average Bonchev–Trinajstić information content (AvgIpc) is 3.21. The molecule has 0 saturated heterocycles. The van der Waals surface area contributed by atoms with Gasteiger partial charge in [0.05, 0.1) is 9.95 Å². The molecule has 2 aliphatic rings. The maximum absolute atomic E-state index is 12.2. The van der Waals surface area contributed by atoms with Crippen LogP contribution >= 0.6 is 11.6 Å². The van der Waals surface area contributed by atoms with E-state index in [0.717, 1.165) is 0 Å². The lowest BCUT2D eigenvalue weighted by atomic mass is 10.1. The van der Waals surface area contributed by atoms with Crippen LogP contribution in [0.2, 0.25) is 5.02 Å². The number of aryl methyl sites for hydroxylation is 1. The van der Waals surface area contributed by atoms with Crippen molar-refractivity contribution in [2.75, 3.05) is 6.79 Å². The summed E-state index contributed by atoms with van der Waals surface area (Å²) in [5, 5.41) is 11.3. The molecule has 0 spiro atoms. The number of nitro groups is 1. The first-order chi connectivity index (χ1) is 12.9. The summed E-state index contributed by atoms with van der Waals surface area (Å²) in [6.07, 6.45) is 1.48. The van der Waals surface area contributed by atoms with E-state index in [1.807, 2.05) is 0 Å². The number of benzene rings is 2. The molecule has 0 unspecified atom stereocenters. The Morgan fingerprint density at radius 2 is 1.96 bits per heavy atom. The first kappa shape index (κ1) is 17.0. The number of aliphatic imine (C=N–C) groups is 1. The number of hydrogen-bond acceptors (Lipinski definition) is 7. The third kappa shape index (κ3) is 3.11. The first-order valence-corrected chi connectivity index (χ1v) is 8.17. The number of nitrogens with zero attached hydrogens (tertiary/aromatic N) is 2.